The molecule has 0 saturated heterocycles. The van der Waals surface area contributed by atoms with Crippen LogP contribution >= 0.6 is 23.2 Å². The van der Waals surface area contributed by atoms with Crippen molar-refractivity contribution in [3.05, 3.63) is 52.0 Å². The molecule has 146 valence electrons. The number of anilines is 1. The number of carbonyl (C=O) groups is 1. The lowest BCUT2D eigenvalue weighted by atomic mass is 10.2. The van der Waals surface area contributed by atoms with Crippen molar-refractivity contribution < 1.29 is 17.9 Å². The molecule has 2 aromatic rings. The smallest absolute Gasteiger partial charge is 0.259 e. The number of hydrogen-bond acceptors (Lipinski definition) is 4. The number of halogens is 2. The average molecular weight is 431 g/mol. The molecule has 9 heteroatoms. The van der Waals surface area contributed by atoms with Crippen molar-refractivity contribution in [3.63, 3.8) is 0 Å². The Morgan fingerprint density at radius 3 is 2.33 bits per heavy atom. The van der Waals surface area contributed by atoms with Crippen molar-refractivity contribution in [2.24, 2.45) is 0 Å². The molecule has 0 aliphatic carbocycles. The zero-order valence-corrected chi connectivity index (χ0v) is 17.5. The van der Waals surface area contributed by atoms with Crippen molar-refractivity contribution in [1.29, 1.82) is 0 Å². The SMILES string of the molecule is CCN(CC)S(=O)(=O)c1ccc(OC)c(C(=O)Nc2ccc(Cl)cc2Cl)c1. The molecular formula is C18H20Cl2N2O4S. The van der Waals surface area contributed by atoms with Gasteiger partial charge in [-0.2, -0.15) is 4.31 Å². The highest BCUT2D eigenvalue weighted by atomic mass is 35.5. The first-order valence-corrected chi connectivity index (χ1v) is 10.4. The lowest BCUT2D eigenvalue weighted by Crippen LogP contribution is -2.30. The summed E-state index contributed by atoms with van der Waals surface area (Å²) in [5, 5.41) is 3.35. The monoisotopic (exact) mass is 430 g/mol. The predicted octanol–water partition coefficient (Wildman–Crippen LogP) is 4.28. The van der Waals surface area contributed by atoms with E-state index >= 15 is 0 Å². The van der Waals surface area contributed by atoms with Gasteiger partial charge in [-0.05, 0) is 36.4 Å². The summed E-state index contributed by atoms with van der Waals surface area (Å²) in [6, 6.07) is 8.81. The fourth-order valence-electron chi connectivity index (χ4n) is 2.52. The Morgan fingerprint density at radius 1 is 1.11 bits per heavy atom. The van der Waals surface area contributed by atoms with Crippen LogP contribution in [0.5, 0.6) is 5.75 Å². The Morgan fingerprint density at radius 2 is 1.78 bits per heavy atom. The standard InChI is InChI=1S/C18H20Cl2N2O4S/c1-4-22(5-2)27(24,25)13-7-9-17(26-3)14(11-13)18(23)21-16-8-6-12(19)10-15(16)20/h6-11H,4-5H2,1-3H3,(H,21,23). The normalized spacial score (nSPS) is 11.5. The van der Waals surface area contributed by atoms with Gasteiger partial charge in [0.25, 0.3) is 5.91 Å². The summed E-state index contributed by atoms with van der Waals surface area (Å²) in [6.07, 6.45) is 0. The largest absolute Gasteiger partial charge is 0.496 e. The summed E-state index contributed by atoms with van der Waals surface area (Å²) in [6.45, 7) is 4.15. The minimum atomic E-state index is -3.71. The molecule has 27 heavy (non-hydrogen) atoms. The van der Waals surface area contributed by atoms with E-state index in [9.17, 15) is 13.2 Å². The Hall–Kier alpha value is -1.80. The molecule has 0 aromatic heterocycles. The van der Waals surface area contributed by atoms with Gasteiger partial charge in [0.05, 0.1) is 28.3 Å². The van der Waals surface area contributed by atoms with Crippen LogP contribution in [0.25, 0.3) is 0 Å². The first-order valence-electron chi connectivity index (χ1n) is 8.19. The maximum atomic E-state index is 12.7. The van der Waals surface area contributed by atoms with Crippen LogP contribution in [0.3, 0.4) is 0 Å². The van der Waals surface area contributed by atoms with Gasteiger partial charge < -0.3 is 10.1 Å². The number of nitrogens with one attached hydrogen (secondary N) is 1. The van der Waals surface area contributed by atoms with E-state index in [0.29, 0.717) is 23.8 Å². The molecule has 0 bridgehead atoms. The Balaban J connectivity index is 2.44. The van der Waals surface area contributed by atoms with E-state index in [4.69, 9.17) is 27.9 Å². The molecular weight excluding hydrogens is 411 g/mol. The van der Waals surface area contributed by atoms with Crippen LogP contribution in [-0.2, 0) is 10.0 Å². The van der Waals surface area contributed by atoms with Crippen LogP contribution in [0.15, 0.2) is 41.3 Å². The molecule has 1 N–H and O–H groups in total. The van der Waals surface area contributed by atoms with Crippen LogP contribution in [0, 0.1) is 0 Å². The number of ether oxygens (including phenoxy) is 1. The van der Waals surface area contributed by atoms with Crippen molar-refractivity contribution in [2.75, 3.05) is 25.5 Å². The summed E-state index contributed by atoms with van der Waals surface area (Å²) < 4.78 is 32.0. The van der Waals surface area contributed by atoms with E-state index in [0.717, 1.165) is 0 Å². The molecule has 0 unspecified atom stereocenters. The molecule has 0 saturated carbocycles. The Bertz CT molecular complexity index is 944. The van der Waals surface area contributed by atoms with Gasteiger partial charge in [-0.1, -0.05) is 37.0 Å². The number of hydrogen-bond donors (Lipinski definition) is 1. The third-order valence-corrected chi connectivity index (χ3v) is 6.53. The van der Waals surface area contributed by atoms with E-state index in [2.05, 4.69) is 5.32 Å². The number of sulfonamides is 1. The van der Waals surface area contributed by atoms with Gasteiger partial charge in [0.15, 0.2) is 0 Å². The van der Waals surface area contributed by atoms with Crippen LogP contribution < -0.4 is 10.1 Å². The van der Waals surface area contributed by atoms with Gasteiger partial charge in [-0.15, -0.1) is 0 Å². The summed E-state index contributed by atoms with van der Waals surface area (Å²) in [7, 11) is -2.31. The summed E-state index contributed by atoms with van der Waals surface area (Å²) in [5.41, 5.74) is 0.432. The number of benzene rings is 2. The minimum absolute atomic E-state index is 0.0133. The third kappa shape index (κ3) is 4.73. The molecule has 2 rings (SSSR count). The Kier molecular flexibility index (Phi) is 7.11. The average Bonchev–Trinajstić information content (AvgIpc) is 2.64. The van der Waals surface area contributed by atoms with Gasteiger partial charge in [-0.3, -0.25) is 4.79 Å². The lowest BCUT2D eigenvalue weighted by Gasteiger charge is -2.19. The predicted molar refractivity (Wildman–Crippen MR) is 108 cm³/mol. The van der Waals surface area contributed by atoms with E-state index in [1.54, 1.807) is 26.0 Å². The maximum absolute atomic E-state index is 12.7. The maximum Gasteiger partial charge on any atom is 0.259 e. The van der Waals surface area contributed by atoms with E-state index in [1.807, 2.05) is 0 Å². The molecule has 0 aliphatic heterocycles. The van der Waals surface area contributed by atoms with Crippen molar-refractivity contribution in [2.45, 2.75) is 18.7 Å². The second-order valence-corrected chi connectivity index (χ2v) is 8.31. The fraction of sp³-hybridized carbons (Fsp3) is 0.278. The second-order valence-electron chi connectivity index (χ2n) is 5.53. The quantitative estimate of drug-likeness (QED) is 0.710. The zero-order valence-electron chi connectivity index (χ0n) is 15.1. The van der Waals surface area contributed by atoms with Crippen LogP contribution in [0.2, 0.25) is 10.0 Å². The van der Waals surface area contributed by atoms with Crippen molar-refractivity contribution in [3.8, 4) is 5.75 Å². The second kappa shape index (κ2) is 8.93. The van der Waals surface area contributed by atoms with Crippen LogP contribution in [-0.4, -0.2) is 38.8 Å². The minimum Gasteiger partial charge on any atom is -0.496 e. The molecule has 0 spiro atoms. The van der Waals surface area contributed by atoms with E-state index in [1.165, 1.54) is 35.7 Å². The molecule has 6 nitrogen and oxygen atoms in total. The van der Waals surface area contributed by atoms with Gasteiger partial charge >= 0.3 is 0 Å². The first kappa shape index (κ1) is 21.5. The van der Waals surface area contributed by atoms with Crippen molar-refractivity contribution in [1.82, 2.24) is 4.31 Å². The Labute approximate surface area is 169 Å². The first-order chi connectivity index (χ1) is 12.7. The molecule has 0 radical (unpaired) electrons. The fourth-order valence-corrected chi connectivity index (χ4v) is 4.46. The van der Waals surface area contributed by atoms with Crippen LogP contribution in [0.1, 0.15) is 24.2 Å². The summed E-state index contributed by atoms with van der Waals surface area (Å²) >= 11 is 11.9. The molecule has 0 heterocycles. The van der Waals surface area contributed by atoms with Crippen molar-refractivity contribution >= 4 is 44.8 Å². The van der Waals surface area contributed by atoms with Gasteiger partial charge in [-0.25, -0.2) is 8.42 Å². The zero-order chi connectivity index (χ0) is 20.2. The summed E-state index contributed by atoms with van der Waals surface area (Å²) in [5.74, 6) is -0.302. The molecule has 0 aliphatic rings. The number of nitrogens with zero attached hydrogens (tertiary/aromatic N) is 1. The number of methoxy groups -OCH3 is 1. The van der Waals surface area contributed by atoms with Gasteiger partial charge in [0.2, 0.25) is 10.0 Å². The highest BCUT2D eigenvalue weighted by Crippen LogP contribution is 2.29. The highest BCUT2D eigenvalue weighted by molar-refractivity contribution is 7.89. The van der Waals surface area contributed by atoms with Gasteiger partial charge in [0.1, 0.15) is 5.75 Å². The van der Waals surface area contributed by atoms with Gasteiger partial charge in [0, 0.05) is 18.1 Å². The third-order valence-electron chi connectivity index (χ3n) is 3.94. The number of rotatable bonds is 7. The molecule has 1 amide bonds. The number of amides is 1. The highest BCUT2D eigenvalue weighted by Gasteiger charge is 2.24. The molecule has 0 atom stereocenters. The molecule has 0 fully saturated rings. The number of carbonyl (C=O) groups excluding carboxylic acids is 1. The van der Waals surface area contributed by atoms with E-state index in [-0.39, 0.29) is 21.2 Å². The lowest BCUT2D eigenvalue weighted by molar-refractivity contribution is 0.102. The van der Waals surface area contributed by atoms with Crippen LogP contribution in [0.4, 0.5) is 5.69 Å². The topological polar surface area (TPSA) is 75.7 Å². The molecule has 2 aromatic carbocycles. The van der Waals surface area contributed by atoms with E-state index < -0.39 is 15.9 Å². The summed E-state index contributed by atoms with van der Waals surface area (Å²) in [4.78, 5) is 12.7.